The van der Waals surface area contributed by atoms with Gasteiger partial charge in [0.15, 0.2) is 0 Å². The Morgan fingerprint density at radius 1 is 1.00 bits per heavy atom. The van der Waals surface area contributed by atoms with Gasteiger partial charge in [0, 0.05) is 0 Å². The van der Waals surface area contributed by atoms with E-state index in [2.05, 4.69) is 67.7 Å². The molecule has 142 valence electrons. The Labute approximate surface area is 168 Å². The first kappa shape index (κ1) is 20.2. The van der Waals surface area contributed by atoms with Crippen LogP contribution in [0.4, 0.5) is 0 Å². The number of nitriles is 1. The summed E-state index contributed by atoms with van der Waals surface area (Å²) >= 11 is 4.28. The molecule has 3 heteroatoms. The van der Waals surface area contributed by atoms with Crippen molar-refractivity contribution in [1.82, 2.24) is 0 Å². The highest BCUT2D eigenvalue weighted by Gasteiger charge is 2.35. The normalized spacial score (nSPS) is 32.1. The van der Waals surface area contributed by atoms with Crippen LogP contribution in [0.2, 0.25) is 0 Å². The first-order valence-electron chi connectivity index (χ1n) is 10.4. The van der Waals surface area contributed by atoms with Gasteiger partial charge in [-0.3, -0.25) is 0 Å². The third-order valence-corrected chi connectivity index (χ3v) is 9.55. The molecule has 0 unspecified atom stereocenters. The zero-order valence-electron chi connectivity index (χ0n) is 16.4. The predicted molar refractivity (Wildman–Crippen MR) is 117 cm³/mol. The highest BCUT2D eigenvalue weighted by Crippen LogP contribution is 2.48. The van der Waals surface area contributed by atoms with Gasteiger partial charge in [-0.1, -0.05) is 51.0 Å². The summed E-state index contributed by atoms with van der Waals surface area (Å²) in [6.07, 6.45) is 9.42. The van der Waals surface area contributed by atoms with Crippen LogP contribution in [0.1, 0.15) is 86.8 Å². The second-order valence-electron chi connectivity index (χ2n) is 8.24. The van der Waals surface area contributed by atoms with E-state index in [9.17, 15) is 5.26 Å². The number of nitrogens with zero attached hydrogens (tertiary/aromatic N) is 1. The number of rotatable bonds is 6. The Hall–Kier alpha value is -0.590. The predicted octanol–water partition coefficient (Wildman–Crippen LogP) is 7.55. The van der Waals surface area contributed by atoms with Crippen molar-refractivity contribution >= 4 is 23.5 Å². The molecule has 2 aliphatic rings. The van der Waals surface area contributed by atoms with E-state index in [1.165, 1.54) is 48.3 Å². The maximum Gasteiger partial charge on any atom is 0.0751 e. The fraction of sp³-hybridized carbons (Fsp3) is 0.696. The summed E-state index contributed by atoms with van der Waals surface area (Å²) in [5.41, 5.74) is 2.95. The van der Waals surface area contributed by atoms with Crippen molar-refractivity contribution in [2.24, 2.45) is 11.3 Å². The summed E-state index contributed by atoms with van der Waals surface area (Å²) in [4.78, 5) is 0. The van der Waals surface area contributed by atoms with Crippen molar-refractivity contribution < 1.29 is 0 Å². The van der Waals surface area contributed by atoms with E-state index in [1.54, 1.807) is 0 Å². The molecule has 1 saturated carbocycles. The lowest BCUT2D eigenvalue weighted by molar-refractivity contribution is 0.228. The van der Waals surface area contributed by atoms with Crippen LogP contribution in [0.3, 0.4) is 0 Å². The Bertz CT molecular complexity index is 588. The van der Waals surface area contributed by atoms with Crippen LogP contribution in [0, 0.1) is 22.7 Å². The van der Waals surface area contributed by atoms with E-state index in [4.69, 9.17) is 0 Å². The molecule has 0 amide bonds. The molecule has 1 aliphatic carbocycles. The van der Waals surface area contributed by atoms with E-state index in [0.717, 1.165) is 31.6 Å². The molecular weight excluding hydrogens is 354 g/mol. The number of benzene rings is 1. The van der Waals surface area contributed by atoms with Crippen LogP contribution < -0.4 is 0 Å². The zero-order valence-corrected chi connectivity index (χ0v) is 18.0. The molecule has 1 heterocycles. The third kappa shape index (κ3) is 4.82. The summed E-state index contributed by atoms with van der Waals surface area (Å²) in [5.74, 6) is 4.21. The van der Waals surface area contributed by atoms with Crippen LogP contribution in [-0.4, -0.2) is 11.5 Å². The molecule has 1 saturated heterocycles. The molecule has 0 bridgehead atoms. The maximum absolute atomic E-state index is 9.61. The molecule has 0 atom stereocenters. The van der Waals surface area contributed by atoms with Crippen molar-refractivity contribution in [3.8, 4) is 6.07 Å². The summed E-state index contributed by atoms with van der Waals surface area (Å²) in [5, 5.41) is 9.61. The highest BCUT2D eigenvalue weighted by atomic mass is 32.2. The van der Waals surface area contributed by atoms with Crippen molar-refractivity contribution in [1.29, 1.82) is 5.26 Å². The van der Waals surface area contributed by atoms with E-state index in [0.29, 0.717) is 10.5 Å². The molecule has 0 aromatic heterocycles. The van der Waals surface area contributed by atoms with Crippen LogP contribution >= 0.6 is 23.5 Å². The van der Waals surface area contributed by atoms with Crippen LogP contribution in [0.25, 0.3) is 0 Å². The molecule has 0 radical (unpaired) electrons. The smallest absolute Gasteiger partial charge is 0.0751 e. The molecule has 26 heavy (non-hydrogen) atoms. The molecule has 0 N–H and O–H groups in total. The number of hydrogen-bond donors (Lipinski definition) is 0. The molecule has 1 aromatic rings. The summed E-state index contributed by atoms with van der Waals surface area (Å²) in [6, 6.07) is 12.1. The number of thioether (sulfide) groups is 2. The Balaban J connectivity index is 1.55. The first-order chi connectivity index (χ1) is 12.7. The van der Waals surface area contributed by atoms with Crippen LogP contribution in [0.15, 0.2) is 24.3 Å². The summed E-state index contributed by atoms with van der Waals surface area (Å²) in [6.45, 7) is 4.50. The van der Waals surface area contributed by atoms with Gasteiger partial charge < -0.3 is 0 Å². The average Bonchev–Trinajstić information content (AvgIpc) is 2.70. The minimum absolute atomic E-state index is 0.0321. The maximum atomic E-state index is 9.61. The van der Waals surface area contributed by atoms with Gasteiger partial charge in [0.1, 0.15) is 0 Å². The van der Waals surface area contributed by atoms with Crippen molar-refractivity contribution in [2.75, 3.05) is 11.5 Å². The Morgan fingerprint density at radius 2 is 1.62 bits per heavy atom. The third-order valence-electron chi connectivity index (χ3n) is 6.25. The Morgan fingerprint density at radius 3 is 2.15 bits per heavy atom. The molecule has 0 spiro atoms. The van der Waals surface area contributed by atoms with E-state index < -0.39 is 0 Å². The van der Waals surface area contributed by atoms with E-state index in [1.807, 2.05) is 0 Å². The molecule has 1 aliphatic heterocycles. The highest BCUT2D eigenvalue weighted by molar-refractivity contribution is 8.16. The van der Waals surface area contributed by atoms with Gasteiger partial charge in [0.2, 0.25) is 0 Å². The topological polar surface area (TPSA) is 23.8 Å². The molecule has 3 rings (SSSR count). The lowest BCUT2D eigenvalue weighted by Crippen LogP contribution is -2.25. The van der Waals surface area contributed by atoms with Crippen LogP contribution in [-0.2, 0) is 0 Å². The number of hydrogen-bond acceptors (Lipinski definition) is 3. The molecule has 2 fully saturated rings. The lowest BCUT2D eigenvalue weighted by Gasteiger charge is -2.35. The van der Waals surface area contributed by atoms with E-state index >= 15 is 0 Å². The minimum atomic E-state index is -0.0321. The van der Waals surface area contributed by atoms with Gasteiger partial charge in [0.05, 0.1) is 16.1 Å². The monoisotopic (exact) mass is 387 g/mol. The molecule has 1 nitrogen and oxygen atoms in total. The average molecular weight is 388 g/mol. The second kappa shape index (κ2) is 9.56. The van der Waals surface area contributed by atoms with Crippen molar-refractivity contribution in [3.63, 3.8) is 0 Å². The lowest BCUT2D eigenvalue weighted by atomic mass is 9.68. The van der Waals surface area contributed by atoms with Gasteiger partial charge in [-0.05, 0) is 73.0 Å². The first-order valence-corrected chi connectivity index (χ1v) is 12.5. The SMILES string of the molecule is CCCC1CSC(c2ccc(C3CCC(C#N)(CCC)CC3)cc2)SC1. The Kier molecular flexibility index (Phi) is 7.41. The molecule has 1 aromatic carbocycles. The van der Waals surface area contributed by atoms with Gasteiger partial charge in [-0.25, -0.2) is 0 Å². The zero-order chi connectivity index (χ0) is 18.4. The van der Waals surface area contributed by atoms with Gasteiger partial charge in [0.25, 0.3) is 0 Å². The summed E-state index contributed by atoms with van der Waals surface area (Å²) in [7, 11) is 0. The fourth-order valence-electron chi connectivity index (χ4n) is 4.64. The van der Waals surface area contributed by atoms with Crippen LogP contribution in [0.5, 0.6) is 0 Å². The van der Waals surface area contributed by atoms with Gasteiger partial charge in [-0.15, -0.1) is 23.5 Å². The largest absolute Gasteiger partial charge is 0.198 e. The van der Waals surface area contributed by atoms with Crippen molar-refractivity contribution in [2.45, 2.75) is 75.7 Å². The molecular formula is C23H33NS2. The van der Waals surface area contributed by atoms with Gasteiger partial charge in [-0.2, -0.15) is 5.26 Å². The van der Waals surface area contributed by atoms with Crippen molar-refractivity contribution in [3.05, 3.63) is 35.4 Å². The standard InChI is InChI=1S/C23H33NS2/c1-3-5-18-15-25-22(26-16-18)21-8-6-19(7-9-21)20-10-13-23(17-24,12-4-2)14-11-20/h6-9,18,20,22H,3-5,10-16H2,1-2H3. The second-order valence-corrected chi connectivity index (χ2v) is 10.8. The minimum Gasteiger partial charge on any atom is -0.198 e. The van der Waals surface area contributed by atoms with Gasteiger partial charge >= 0.3 is 0 Å². The summed E-state index contributed by atoms with van der Waals surface area (Å²) < 4.78 is 0.624. The quantitative estimate of drug-likeness (QED) is 0.503. The van der Waals surface area contributed by atoms with E-state index in [-0.39, 0.29) is 5.41 Å². The fourth-order valence-corrected chi connectivity index (χ4v) is 7.80.